The third kappa shape index (κ3) is 2.04. The molecule has 0 saturated carbocycles. The van der Waals surface area contributed by atoms with Gasteiger partial charge in [0, 0.05) is 6.20 Å². The molecule has 0 saturated heterocycles. The van der Waals surface area contributed by atoms with Crippen molar-refractivity contribution in [2.24, 2.45) is 0 Å². The molecular weight excluding hydrogens is 202 g/mol. The van der Waals surface area contributed by atoms with Crippen molar-refractivity contribution in [1.29, 1.82) is 0 Å². The molecular formula is C8H7N3O2S. The first-order valence-electron chi connectivity index (χ1n) is 3.89. The van der Waals surface area contributed by atoms with Gasteiger partial charge < -0.3 is 9.84 Å². The first-order chi connectivity index (χ1) is 6.88. The summed E-state index contributed by atoms with van der Waals surface area (Å²) >= 11 is 1.21. The summed E-state index contributed by atoms with van der Waals surface area (Å²) in [5, 5.41) is 17.1. The van der Waals surface area contributed by atoms with Crippen molar-refractivity contribution in [2.75, 3.05) is 0 Å². The molecule has 1 N–H and O–H groups in total. The van der Waals surface area contributed by atoms with Crippen LogP contribution in [0.3, 0.4) is 0 Å². The maximum absolute atomic E-state index is 8.76. The van der Waals surface area contributed by atoms with Crippen LogP contribution in [0.1, 0.15) is 5.01 Å². The first kappa shape index (κ1) is 9.04. The van der Waals surface area contributed by atoms with Crippen LogP contribution in [0.15, 0.2) is 24.5 Å². The number of aromatic nitrogens is 3. The highest BCUT2D eigenvalue weighted by Crippen LogP contribution is 2.23. The molecule has 2 aromatic heterocycles. The smallest absolute Gasteiger partial charge is 0.299 e. The van der Waals surface area contributed by atoms with Gasteiger partial charge in [-0.15, -0.1) is 5.10 Å². The zero-order valence-corrected chi connectivity index (χ0v) is 7.94. The molecule has 0 aliphatic carbocycles. The Kier molecular flexibility index (Phi) is 2.66. The summed E-state index contributed by atoms with van der Waals surface area (Å²) in [6.45, 7) is -0.117. The number of hydrogen-bond acceptors (Lipinski definition) is 6. The van der Waals surface area contributed by atoms with Crippen molar-refractivity contribution < 1.29 is 9.84 Å². The van der Waals surface area contributed by atoms with Crippen LogP contribution in [0, 0.1) is 0 Å². The Labute approximate surface area is 84.0 Å². The number of rotatable bonds is 3. The van der Waals surface area contributed by atoms with Gasteiger partial charge in [-0.05, 0) is 12.1 Å². The number of hydrogen-bond donors (Lipinski definition) is 1. The molecule has 2 aromatic rings. The van der Waals surface area contributed by atoms with Gasteiger partial charge in [-0.3, -0.25) is 4.98 Å². The van der Waals surface area contributed by atoms with Gasteiger partial charge in [0.25, 0.3) is 5.19 Å². The molecule has 0 aliphatic rings. The molecule has 0 bridgehead atoms. The van der Waals surface area contributed by atoms with E-state index in [1.807, 2.05) is 0 Å². The molecule has 0 radical (unpaired) electrons. The third-order valence-electron chi connectivity index (χ3n) is 1.42. The molecule has 0 unspecified atom stereocenters. The van der Waals surface area contributed by atoms with Crippen LogP contribution in [0.5, 0.6) is 10.9 Å². The lowest BCUT2D eigenvalue weighted by Gasteiger charge is -1.97. The van der Waals surface area contributed by atoms with Gasteiger partial charge in [0.2, 0.25) is 0 Å². The highest BCUT2D eigenvalue weighted by atomic mass is 32.1. The second kappa shape index (κ2) is 4.12. The lowest BCUT2D eigenvalue weighted by Crippen LogP contribution is -1.83. The van der Waals surface area contributed by atoms with Crippen molar-refractivity contribution in [1.82, 2.24) is 15.2 Å². The Balaban J connectivity index is 2.11. The minimum absolute atomic E-state index is 0.117. The SMILES string of the molecule is OCc1nnc(Oc2cccnc2)s1. The van der Waals surface area contributed by atoms with Gasteiger partial charge >= 0.3 is 0 Å². The van der Waals surface area contributed by atoms with E-state index < -0.39 is 0 Å². The minimum atomic E-state index is -0.117. The van der Waals surface area contributed by atoms with Crippen LogP contribution < -0.4 is 4.74 Å². The fourth-order valence-electron chi connectivity index (χ4n) is 0.852. The van der Waals surface area contributed by atoms with Crippen LogP contribution in [-0.4, -0.2) is 20.3 Å². The van der Waals surface area contributed by atoms with Crippen LogP contribution in [0.4, 0.5) is 0 Å². The lowest BCUT2D eigenvalue weighted by molar-refractivity contribution is 0.280. The highest BCUT2D eigenvalue weighted by molar-refractivity contribution is 7.13. The van der Waals surface area contributed by atoms with E-state index in [9.17, 15) is 0 Å². The van der Waals surface area contributed by atoms with Crippen molar-refractivity contribution in [3.63, 3.8) is 0 Å². The average Bonchev–Trinajstić information content (AvgIpc) is 2.67. The Hall–Kier alpha value is -1.53. The quantitative estimate of drug-likeness (QED) is 0.823. The summed E-state index contributed by atoms with van der Waals surface area (Å²) < 4.78 is 5.33. The number of aliphatic hydroxyl groups is 1. The highest BCUT2D eigenvalue weighted by Gasteiger charge is 2.04. The zero-order valence-electron chi connectivity index (χ0n) is 7.12. The van der Waals surface area contributed by atoms with E-state index in [1.165, 1.54) is 11.3 Å². The maximum atomic E-state index is 8.76. The van der Waals surface area contributed by atoms with Gasteiger partial charge in [-0.2, -0.15) is 0 Å². The number of aliphatic hydroxyl groups excluding tert-OH is 1. The normalized spacial score (nSPS) is 10.1. The molecule has 0 amide bonds. The third-order valence-corrected chi connectivity index (χ3v) is 2.21. The largest absolute Gasteiger partial charge is 0.428 e. The fourth-order valence-corrected chi connectivity index (χ4v) is 1.42. The first-order valence-corrected chi connectivity index (χ1v) is 4.71. The number of pyridine rings is 1. The van der Waals surface area contributed by atoms with Crippen molar-refractivity contribution in [3.05, 3.63) is 29.5 Å². The summed E-state index contributed by atoms with van der Waals surface area (Å²) in [4.78, 5) is 3.89. The standard InChI is InChI=1S/C8H7N3O2S/c12-5-7-10-11-8(14-7)13-6-2-1-3-9-4-6/h1-4,12H,5H2. The van der Waals surface area contributed by atoms with E-state index in [4.69, 9.17) is 9.84 Å². The average molecular weight is 209 g/mol. The molecule has 0 fully saturated rings. The summed E-state index contributed by atoms with van der Waals surface area (Å²) in [6, 6.07) is 3.54. The van der Waals surface area contributed by atoms with E-state index in [1.54, 1.807) is 24.5 Å². The second-order valence-electron chi connectivity index (χ2n) is 2.41. The molecule has 5 nitrogen and oxygen atoms in total. The van der Waals surface area contributed by atoms with Crippen molar-refractivity contribution >= 4 is 11.3 Å². The molecule has 2 heterocycles. The monoisotopic (exact) mass is 209 g/mol. The molecule has 72 valence electrons. The van der Waals surface area contributed by atoms with E-state index in [0.29, 0.717) is 16.0 Å². The summed E-state index contributed by atoms with van der Waals surface area (Å²) in [5.41, 5.74) is 0. The fraction of sp³-hybridized carbons (Fsp3) is 0.125. The van der Waals surface area contributed by atoms with Crippen LogP contribution in [-0.2, 0) is 6.61 Å². The topological polar surface area (TPSA) is 68.1 Å². The Morgan fingerprint density at radius 2 is 2.36 bits per heavy atom. The van der Waals surface area contributed by atoms with Crippen LogP contribution in [0.25, 0.3) is 0 Å². The van der Waals surface area contributed by atoms with E-state index in [0.717, 1.165) is 0 Å². The molecule has 0 aromatic carbocycles. The van der Waals surface area contributed by atoms with Gasteiger partial charge in [0.15, 0.2) is 0 Å². The summed E-state index contributed by atoms with van der Waals surface area (Å²) in [5.74, 6) is 0.605. The Bertz CT molecular complexity index is 404. The number of ether oxygens (including phenoxy) is 1. The molecule has 0 aliphatic heterocycles. The predicted octanol–water partition coefficient (Wildman–Crippen LogP) is 1.22. The Morgan fingerprint density at radius 1 is 1.43 bits per heavy atom. The lowest BCUT2D eigenvalue weighted by atomic mass is 10.5. The minimum Gasteiger partial charge on any atom is -0.428 e. The van der Waals surface area contributed by atoms with Gasteiger partial charge in [0.05, 0.1) is 12.8 Å². The molecule has 14 heavy (non-hydrogen) atoms. The predicted molar refractivity (Wildman–Crippen MR) is 50.1 cm³/mol. The molecule has 0 spiro atoms. The van der Waals surface area contributed by atoms with Gasteiger partial charge in [0.1, 0.15) is 10.8 Å². The Morgan fingerprint density at radius 3 is 3.00 bits per heavy atom. The van der Waals surface area contributed by atoms with Crippen LogP contribution in [0.2, 0.25) is 0 Å². The van der Waals surface area contributed by atoms with Crippen molar-refractivity contribution in [2.45, 2.75) is 6.61 Å². The van der Waals surface area contributed by atoms with E-state index in [2.05, 4.69) is 15.2 Å². The molecule has 6 heteroatoms. The number of nitrogens with zero attached hydrogens (tertiary/aromatic N) is 3. The molecule has 2 rings (SSSR count). The second-order valence-corrected chi connectivity index (χ2v) is 3.44. The van der Waals surface area contributed by atoms with E-state index in [-0.39, 0.29) is 6.61 Å². The zero-order chi connectivity index (χ0) is 9.80. The molecule has 0 atom stereocenters. The maximum Gasteiger partial charge on any atom is 0.299 e. The van der Waals surface area contributed by atoms with E-state index >= 15 is 0 Å². The van der Waals surface area contributed by atoms with Gasteiger partial charge in [-0.1, -0.05) is 16.4 Å². The van der Waals surface area contributed by atoms with Gasteiger partial charge in [-0.25, -0.2) is 0 Å². The van der Waals surface area contributed by atoms with Crippen molar-refractivity contribution in [3.8, 4) is 10.9 Å². The summed E-state index contributed by atoms with van der Waals surface area (Å²) in [6.07, 6.45) is 3.24. The summed E-state index contributed by atoms with van der Waals surface area (Å²) in [7, 11) is 0. The van der Waals surface area contributed by atoms with Crippen LogP contribution >= 0.6 is 11.3 Å².